The normalized spacial score (nSPS) is 13.5. The van der Waals surface area contributed by atoms with Crippen LogP contribution in [0, 0.1) is 11.7 Å². The summed E-state index contributed by atoms with van der Waals surface area (Å²) in [6.07, 6.45) is 0. The van der Waals surface area contributed by atoms with E-state index in [1.54, 1.807) is 0 Å². The van der Waals surface area contributed by atoms with Crippen molar-refractivity contribution in [1.29, 1.82) is 0 Å². The molecule has 1 unspecified atom stereocenters. The van der Waals surface area contributed by atoms with Crippen molar-refractivity contribution in [3.8, 4) is 0 Å². The van der Waals surface area contributed by atoms with Crippen LogP contribution in [0.5, 0.6) is 0 Å². The van der Waals surface area contributed by atoms with Gasteiger partial charge in [0, 0.05) is 4.47 Å². The van der Waals surface area contributed by atoms with Gasteiger partial charge in [-0.1, -0.05) is 35.8 Å². The fourth-order valence-corrected chi connectivity index (χ4v) is 4.48. The van der Waals surface area contributed by atoms with Crippen molar-refractivity contribution in [3.63, 3.8) is 0 Å². The number of benzene rings is 1. The summed E-state index contributed by atoms with van der Waals surface area (Å²) >= 11 is 3.07. The van der Waals surface area contributed by atoms with Crippen LogP contribution in [0.1, 0.15) is 19.4 Å². The van der Waals surface area contributed by atoms with Crippen LogP contribution in [0.25, 0.3) is 0 Å². The van der Waals surface area contributed by atoms with Crippen molar-refractivity contribution in [1.82, 2.24) is 0 Å². The van der Waals surface area contributed by atoms with Crippen molar-refractivity contribution >= 4 is 31.7 Å². The zero-order valence-corrected chi connectivity index (χ0v) is 12.8. The highest BCUT2D eigenvalue weighted by Crippen LogP contribution is 2.24. The molecule has 0 radical (unpaired) electrons. The third kappa shape index (κ3) is 4.01. The minimum absolute atomic E-state index is 0.309. The summed E-state index contributed by atoms with van der Waals surface area (Å²) in [5.41, 5.74) is 0.341. The quantitative estimate of drug-likeness (QED) is 0.883. The molecule has 1 N–H and O–H groups in total. The maximum absolute atomic E-state index is 12.9. The van der Waals surface area contributed by atoms with Gasteiger partial charge in [0.25, 0.3) is 0 Å². The summed E-state index contributed by atoms with van der Waals surface area (Å²) in [7, 11) is -3.86. The molecule has 1 aromatic rings. The molecule has 1 atom stereocenters. The van der Waals surface area contributed by atoms with Crippen LogP contribution in [0.4, 0.5) is 4.39 Å². The fraction of sp³-hybridized carbons (Fsp3) is 0.417. The topological polar surface area (TPSA) is 71.4 Å². The number of sulfone groups is 1. The second kappa shape index (κ2) is 6.00. The first-order valence-electron chi connectivity index (χ1n) is 5.53. The predicted molar refractivity (Wildman–Crippen MR) is 73.0 cm³/mol. The summed E-state index contributed by atoms with van der Waals surface area (Å²) in [6.45, 7) is 3.08. The molecule has 19 heavy (non-hydrogen) atoms. The lowest BCUT2D eigenvalue weighted by Crippen LogP contribution is -2.35. The lowest BCUT2D eigenvalue weighted by atomic mass is 10.1. The monoisotopic (exact) mass is 352 g/mol. The molecular weight excluding hydrogens is 339 g/mol. The Labute approximate surface area is 119 Å². The molecule has 0 aromatic heterocycles. The van der Waals surface area contributed by atoms with Crippen LogP contribution in [-0.4, -0.2) is 24.7 Å². The molecular formula is C12H14BrFO4S. The maximum atomic E-state index is 12.9. The molecule has 1 aromatic carbocycles. The van der Waals surface area contributed by atoms with E-state index in [0.717, 1.165) is 12.1 Å². The first-order chi connectivity index (χ1) is 8.65. The van der Waals surface area contributed by atoms with Crippen LogP contribution in [0.2, 0.25) is 0 Å². The van der Waals surface area contributed by atoms with Gasteiger partial charge in [0.05, 0.1) is 5.75 Å². The molecule has 7 heteroatoms. The number of aliphatic carboxylic acids is 1. The highest BCUT2D eigenvalue weighted by Gasteiger charge is 2.35. The number of carboxylic acids is 1. The largest absolute Gasteiger partial charge is 0.480 e. The Morgan fingerprint density at radius 2 is 2.00 bits per heavy atom. The fourth-order valence-electron chi connectivity index (χ4n) is 1.80. The minimum atomic E-state index is -3.86. The molecule has 0 aliphatic rings. The van der Waals surface area contributed by atoms with Crippen molar-refractivity contribution < 1.29 is 22.7 Å². The summed E-state index contributed by atoms with van der Waals surface area (Å²) in [6, 6.07) is 3.62. The summed E-state index contributed by atoms with van der Waals surface area (Å²) in [5.74, 6) is -2.84. The Bertz CT molecular complexity index is 583. The number of carbonyl (C=O) groups is 1. The Balaban J connectivity index is 3.11. The van der Waals surface area contributed by atoms with Gasteiger partial charge in [-0.05, 0) is 23.6 Å². The average Bonchev–Trinajstić information content (AvgIpc) is 2.20. The molecule has 0 heterocycles. The van der Waals surface area contributed by atoms with E-state index in [0.29, 0.717) is 10.0 Å². The van der Waals surface area contributed by atoms with Gasteiger partial charge in [-0.25, -0.2) is 12.8 Å². The molecule has 0 saturated heterocycles. The summed E-state index contributed by atoms with van der Waals surface area (Å²) in [4.78, 5) is 11.1. The molecule has 0 fully saturated rings. The van der Waals surface area contributed by atoms with Gasteiger partial charge in [-0.2, -0.15) is 0 Å². The second-order valence-electron chi connectivity index (χ2n) is 4.55. The van der Waals surface area contributed by atoms with Gasteiger partial charge in [0.15, 0.2) is 15.1 Å². The first kappa shape index (κ1) is 16.1. The molecule has 0 saturated carbocycles. The molecule has 1 rings (SSSR count). The minimum Gasteiger partial charge on any atom is -0.480 e. The molecule has 0 amide bonds. The van der Waals surface area contributed by atoms with Crippen molar-refractivity contribution in [2.45, 2.75) is 24.9 Å². The highest BCUT2D eigenvalue weighted by molar-refractivity contribution is 9.10. The summed E-state index contributed by atoms with van der Waals surface area (Å²) < 4.78 is 37.5. The van der Waals surface area contributed by atoms with Crippen LogP contribution < -0.4 is 0 Å². The average molecular weight is 353 g/mol. The van der Waals surface area contributed by atoms with Crippen molar-refractivity contribution in [2.24, 2.45) is 5.92 Å². The SMILES string of the molecule is CC(C)C(C(=O)O)S(=O)(=O)Cc1ccc(F)cc1Br. The zero-order chi connectivity index (χ0) is 14.8. The van der Waals surface area contributed by atoms with E-state index < -0.39 is 38.5 Å². The third-order valence-electron chi connectivity index (χ3n) is 2.61. The molecule has 0 aliphatic carbocycles. The van der Waals surface area contributed by atoms with E-state index in [-0.39, 0.29) is 0 Å². The summed E-state index contributed by atoms with van der Waals surface area (Å²) in [5, 5.41) is 7.55. The maximum Gasteiger partial charge on any atom is 0.322 e. The van der Waals surface area contributed by atoms with Crippen LogP contribution >= 0.6 is 15.9 Å². The van der Waals surface area contributed by atoms with E-state index in [1.165, 1.54) is 19.9 Å². The van der Waals surface area contributed by atoms with Crippen LogP contribution in [0.15, 0.2) is 22.7 Å². The van der Waals surface area contributed by atoms with E-state index in [1.807, 2.05) is 0 Å². The third-order valence-corrected chi connectivity index (χ3v) is 5.58. The van der Waals surface area contributed by atoms with Crippen LogP contribution in [0.3, 0.4) is 0 Å². The van der Waals surface area contributed by atoms with Gasteiger partial charge in [0.2, 0.25) is 0 Å². The lowest BCUT2D eigenvalue weighted by Gasteiger charge is -2.17. The lowest BCUT2D eigenvalue weighted by molar-refractivity contribution is -0.137. The van der Waals surface area contributed by atoms with Gasteiger partial charge in [-0.3, -0.25) is 4.79 Å². The van der Waals surface area contributed by atoms with Gasteiger partial charge in [0.1, 0.15) is 5.82 Å². The van der Waals surface area contributed by atoms with Crippen molar-refractivity contribution in [2.75, 3.05) is 0 Å². The molecule has 0 bridgehead atoms. The highest BCUT2D eigenvalue weighted by atomic mass is 79.9. The molecule has 4 nitrogen and oxygen atoms in total. The van der Waals surface area contributed by atoms with E-state index in [4.69, 9.17) is 5.11 Å². The number of halogens is 2. The Kier molecular flexibility index (Phi) is 5.09. The second-order valence-corrected chi connectivity index (χ2v) is 7.52. The van der Waals surface area contributed by atoms with E-state index in [2.05, 4.69) is 15.9 Å². The van der Waals surface area contributed by atoms with Crippen LogP contribution in [-0.2, 0) is 20.4 Å². The van der Waals surface area contributed by atoms with Gasteiger partial charge >= 0.3 is 5.97 Å². The smallest absolute Gasteiger partial charge is 0.322 e. The predicted octanol–water partition coefficient (Wildman–Crippen LogP) is 2.61. The standard InChI is InChI=1S/C12H14BrFO4S/c1-7(2)11(12(15)16)19(17,18)6-8-3-4-9(14)5-10(8)13/h3-5,7,11H,6H2,1-2H3,(H,15,16). The van der Waals surface area contributed by atoms with Gasteiger partial charge < -0.3 is 5.11 Å². The van der Waals surface area contributed by atoms with Crippen molar-refractivity contribution in [3.05, 3.63) is 34.1 Å². The number of carboxylic acid groups (broad SMARTS) is 1. The molecule has 0 aliphatic heterocycles. The number of hydrogen-bond acceptors (Lipinski definition) is 3. The number of rotatable bonds is 5. The number of hydrogen-bond donors (Lipinski definition) is 1. The molecule has 0 spiro atoms. The molecule has 106 valence electrons. The van der Waals surface area contributed by atoms with Gasteiger partial charge in [-0.15, -0.1) is 0 Å². The zero-order valence-electron chi connectivity index (χ0n) is 10.4. The Hall–Kier alpha value is -0.950. The first-order valence-corrected chi connectivity index (χ1v) is 8.04. The van der Waals surface area contributed by atoms with E-state index >= 15 is 0 Å². The Morgan fingerprint density at radius 3 is 2.42 bits per heavy atom. The van der Waals surface area contributed by atoms with E-state index in [9.17, 15) is 17.6 Å². The Morgan fingerprint density at radius 1 is 1.42 bits per heavy atom.